The Morgan fingerprint density at radius 2 is 2.11 bits per heavy atom. The van der Waals surface area contributed by atoms with Crippen LogP contribution in [0.2, 0.25) is 0 Å². The topological polar surface area (TPSA) is 70.0 Å². The third-order valence-corrected chi connectivity index (χ3v) is 9.80. The van der Waals surface area contributed by atoms with Crippen LogP contribution < -0.4 is 0 Å². The van der Waals surface area contributed by atoms with Crippen molar-refractivity contribution in [2.45, 2.75) is 44.8 Å². The van der Waals surface area contributed by atoms with Gasteiger partial charge >= 0.3 is 5.97 Å². The largest absolute Gasteiger partial charge is 0.469 e. The molecule has 5 nitrogen and oxygen atoms in total. The minimum absolute atomic E-state index is 0.0445. The number of esters is 1. The zero-order valence-electron chi connectivity index (χ0n) is 16.9. The van der Waals surface area contributed by atoms with E-state index < -0.39 is 16.6 Å². The Labute approximate surface area is 166 Å². The van der Waals surface area contributed by atoms with Crippen molar-refractivity contribution in [3.05, 3.63) is 23.3 Å². The molecule has 0 radical (unpaired) electrons. The van der Waals surface area contributed by atoms with Crippen molar-refractivity contribution in [1.82, 2.24) is 4.90 Å². The number of hydrogen-bond acceptors (Lipinski definition) is 5. The first-order valence-corrected chi connectivity index (χ1v) is 11.0. The zero-order chi connectivity index (χ0) is 19.5. The van der Waals surface area contributed by atoms with Crippen LogP contribution in [0.3, 0.4) is 0 Å². The summed E-state index contributed by atoms with van der Waals surface area (Å²) in [7, 11) is 1.48. The number of carbonyl (C=O) groups excluding carboxylic acids is 1. The van der Waals surface area contributed by atoms with Crippen LogP contribution in [0.4, 0.5) is 0 Å². The molecule has 0 aromatic carbocycles. The summed E-state index contributed by atoms with van der Waals surface area (Å²) in [5.74, 6) is 0.556. The van der Waals surface area contributed by atoms with Crippen LogP contribution in [0, 0.1) is 40.4 Å². The van der Waals surface area contributed by atoms with E-state index in [-0.39, 0.29) is 30.3 Å². The lowest BCUT2D eigenvalue weighted by Gasteiger charge is -2.67. The minimum Gasteiger partial charge on any atom is -0.469 e. The molecule has 2 heterocycles. The minimum atomic E-state index is -1.00. The quantitative estimate of drug-likeness (QED) is 0.563. The second-order valence-corrected chi connectivity index (χ2v) is 10.3. The van der Waals surface area contributed by atoms with Gasteiger partial charge in [0, 0.05) is 29.8 Å². The van der Waals surface area contributed by atoms with Crippen LogP contribution in [0.15, 0.2) is 23.3 Å². The smallest absolute Gasteiger partial charge is 0.309 e. The van der Waals surface area contributed by atoms with E-state index in [2.05, 4.69) is 24.0 Å². The van der Waals surface area contributed by atoms with Crippen molar-refractivity contribution < 1.29 is 19.7 Å². The van der Waals surface area contributed by atoms with Crippen LogP contribution in [-0.2, 0) is 9.53 Å². The molecule has 28 heavy (non-hydrogen) atoms. The van der Waals surface area contributed by atoms with Crippen molar-refractivity contribution >= 4 is 5.97 Å². The Bertz CT molecular complexity index is 819. The predicted molar refractivity (Wildman–Crippen MR) is 103 cm³/mol. The van der Waals surface area contributed by atoms with E-state index in [1.165, 1.54) is 18.3 Å². The summed E-state index contributed by atoms with van der Waals surface area (Å²) >= 11 is 0. The molecular weight excluding hydrogens is 354 g/mol. The summed E-state index contributed by atoms with van der Waals surface area (Å²) in [5, 5.41) is 23.5. The Balaban J connectivity index is 1.68. The van der Waals surface area contributed by atoms with Crippen LogP contribution >= 0.6 is 0 Å². The maximum atomic E-state index is 12.8. The number of rotatable bonds is 2. The molecule has 4 aliphatic carbocycles. The maximum Gasteiger partial charge on any atom is 0.309 e. The van der Waals surface area contributed by atoms with Crippen molar-refractivity contribution in [3.63, 3.8) is 0 Å². The van der Waals surface area contributed by atoms with E-state index in [1.807, 2.05) is 0 Å². The lowest BCUT2D eigenvalue weighted by atomic mass is 9.44. The van der Waals surface area contributed by atoms with Gasteiger partial charge in [0.15, 0.2) is 0 Å². The highest BCUT2D eigenvalue weighted by Crippen LogP contribution is 2.78. The van der Waals surface area contributed by atoms with Gasteiger partial charge in [-0.25, -0.2) is 0 Å². The molecular formula is C23H31NO4. The normalized spacial score (nSPS) is 53.4. The van der Waals surface area contributed by atoms with Crippen LogP contribution in [-0.4, -0.2) is 53.6 Å². The number of hydrogen-bond donors (Lipinski definition) is 2. The summed E-state index contributed by atoms with van der Waals surface area (Å²) < 4.78 is 5.23. The summed E-state index contributed by atoms with van der Waals surface area (Å²) in [4.78, 5) is 15.2. The molecule has 152 valence electrons. The van der Waals surface area contributed by atoms with Gasteiger partial charge in [-0.1, -0.05) is 30.2 Å². The average molecular weight is 386 g/mol. The third kappa shape index (κ3) is 1.57. The molecule has 6 aliphatic rings. The van der Waals surface area contributed by atoms with Crippen LogP contribution in [0.1, 0.15) is 39.0 Å². The SMILES string of the molecule is COC(=O)[C@@H]1C[C@@]23C4=C(CC[C@@H]5CN6C[C@H](C)[C@@H](C=C[C@@]52CO)[C@]63O)CC[C@@H]41. The van der Waals surface area contributed by atoms with Gasteiger partial charge in [0.1, 0.15) is 5.72 Å². The molecule has 4 bridgehead atoms. The number of aliphatic hydroxyl groups is 2. The Kier molecular flexibility index (Phi) is 3.34. The second kappa shape index (κ2) is 5.30. The lowest BCUT2D eigenvalue weighted by molar-refractivity contribution is -0.270. The zero-order valence-corrected chi connectivity index (χ0v) is 16.9. The average Bonchev–Trinajstić information content (AvgIpc) is 3.31. The number of nitrogens with zero attached hydrogens (tertiary/aromatic N) is 1. The molecule has 8 atom stereocenters. The first kappa shape index (κ1) is 17.7. The van der Waals surface area contributed by atoms with Crippen molar-refractivity contribution in [2.75, 3.05) is 26.8 Å². The van der Waals surface area contributed by atoms with Crippen molar-refractivity contribution in [1.29, 1.82) is 0 Å². The predicted octanol–water partition coefficient (Wildman–Crippen LogP) is 2.10. The summed E-state index contributed by atoms with van der Waals surface area (Å²) in [6.45, 7) is 4.02. The fourth-order valence-corrected chi connectivity index (χ4v) is 8.91. The molecule has 1 spiro atoms. The summed E-state index contributed by atoms with van der Waals surface area (Å²) in [5.41, 5.74) is 0.779. The highest BCUT2D eigenvalue weighted by Gasteiger charge is 2.80. The van der Waals surface area contributed by atoms with Crippen molar-refractivity contribution in [3.8, 4) is 0 Å². The number of methoxy groups -OCH3 is 1. The van der Waals surface area contributed by atoms with Crippen LogP contribution in [0.5, 0.6) is 0 Å². The molecule has 2 saturated heterocycles. The highest BCUT2D eigenvalue weighted by molar-refractivity contribution is 5.75. The maximum absolute atomic E-state index is 12.8. The molecule has 0 aromatic heterocycles. The molecule has 1 saturated carbocycles. The number of ether oxygens (including phenoxy) is 1. The summed E-state index contributed by atoms with van der Waals surface area (Å²) in [6, 6.07) is 0. The fourth-order valence-electron chi connectivity index (χ4n) is 8.91. The number of aliphatic hydroxyl groups excluding tert-OH is 1. The number of piperidine rings is 1. The van der Waals surface area contributed by atoms with E-state index in [4.69, 9.17) is 4.74 Å². The Morgan fingerprint density at radius 3 is 2.86 bits per heavy atom. The van der Waals surface area contributed by atoms with Gasteiger partial charge in [-0.15, -0.1) is 0 Å². The van der Waals surface area contributed by atoms with Gasteiger partial charge in [0.25, 0.3) is 0 Å². The molecule has 6 rings (SSSR count). The van der Waals surface area contributed by atoms with Gasteiger partial charge in [-0.2, -0.15) is 0 Å². The molecule has 5 heteroatoms. The molecule has 2 aliphatic heterocycles. The third-order valence-electron chi connectivity index (χ3n) is 9.80. The van der Waals surface area contributed by atoms with Gasteiger partial charge in [0.05, 0.1) is 19.6 Å². The molecule has 2 N–H and O–H groups in total. The molecule has 0 aromatic rings. The monoisotopic (exact) mass is 385 g/mol. The first-order valence-electron chi connectivity index (χ1n) is 11.0. The van der Waals surface area contributed by atoms with Gasteiger partial charge in [-0.3, -0.25) is 9.69 Å². The number of carbonyl (C=O) groups is 1. The lowest BCUT2D eigenvalue weighted by Crippen LogP contribution is -2.74. The number of allylic oxidation sites excluding steroid dienone is 1. The van der Waals surface area contributed by atoms with Crippen molar-refractivity contribution in [2.24, 2.45) is 40.4 Å². The first-order chi connectivity index (χ1) is 13.4. The fraction of sp³-hybridized carbons (Fsp3) is 0.783. The van der Waals surface area contributed by atoms with E-state index in [0.29, 0.717) is 18.3 Å². The van der Waals surface area contributed by atoms with E-state index in [1.54, 1.807) is 0 Å². The second-order valence-electron chi connectivity index (χ2n) is 10.3. The molecule has 0 unspecified atom stereocenters. The molecule has 3 fully saturated rings. The Morgan fingerprint density at radius 1 is 1.32 bits per heavy atom. The summed E-state index contributed by atoms with van der Waals surface area (Å²) in [6.07, 6.45) is 9.22. The van der Waals surface area contributed by atoms with E-state index in [9.17, 15) is 15.0 Å². The van der Waals surface area contributed by atoms with Gasteiger partial charge in [-0.05, 0) is 49.9 Å². The van der Waals surface area contributed by atoms with Gasteiger partial charge < -0.3 is 14.9 Å². The highest BCUT2D eigenvalue weighted by atomic mass is 16.5. The molecule has 0 amide bonds. The van der Waals surface area contributed by atoms with E-state index >= 15 is 0 Å². The van der Waals surface area contributed by atoms with Gasteiger partial charge in [0.2, 0.25) is 0 Å². The van der Waals surface area contributed by atoms with Crippen LogP contribution in [0.25, 0.3) is 0 Å². The standard InChI is InChI=1S/C23H31NO4/c1-13-10-24-11-15-5-3-14-4-6-16-17(20(26)28-2)9-22(19(14)16)21(15,12-25)8-7-18(13)23(22,24)27/h7-8,13,15-18,25,27H,3-6,9-12H2,1-2H3/t13-,15+,16+,17+,18+,21+,22+,23+/m0/s1. The Hall–Kier alpha value is -1.17. The van der Waals surface area contributed by atoms with E-state index in [0.717, 1.165) is 38.8 Å².